The van der Waals surface area contributed by atoms with Gasteiger partial charge >= 0.3 is 6.18 Å². The van der Waals surface area contributed by atoms with Gasteiger partial charge in [0.15, 0.2) is 0 Å². The molecular weight excluding hydrogens is 402 g/mol. The van der Waals surface area contributed by atoms with Crippen LogP contribution < -0.4 is 4.74 Å². The van der Waals surface area contributed by atoms with Crippen molar-refractivity contribution in [3.8, 4) is 17.2 Å². The minimum absolute atomic E-state index is 0.138. The van der Waals surface area contributed by atoms with Crippen LogP contribution in [0.4, 0.5) is 17.6 Å². The van der Waals surface area contributed by atoms with Gasteiger partial charge in [0.2, 0.25) is 5.89 Å². The second-order valence-electron chi connectivity index (χ2n) is 8.29. The van der Waals surface area contributed by atoms with E-state index in [1.165, 1.54) is 11.0 Å². The lowest BCUT2D eigenvalue weighted by molar-refractivity contribution is -0.148. The molecule has 9 heteroatoms. The molecule has 1 aliphatic heterocycles. The molecule has 2 heterocycles. The molecule has 30 heavy (non-hydrogen) atoms. The van der Waals surface area contributed by atoms with Gasteiger partial charge in [0.25, 0.3) is 5.89 Å². The van der Waals surface area contributed by atoms with Crippen LogP contribution in [0.5, 0.6) is 5.75 Å². The van der Waals surface area contributed by atoms with E-state index in [1.54, 1.807) is 19.1 Å². The van der Waals surface area contributed by atoms with E-state index >= 15 is 0 Å². The summed E-state index contributed by atoms with van der Waals surface area (Å²) in [7, 11) is 0. The minimum atomic E-state index is -4.12. The van der Waals surface area contributed by atoms with Gasteiger partial charge in [-0.25, -0.2) is 4.39 Å². The standard InChI is InChI=1S/C21H25F4N3O2/c1-13-26-27-20(30-13)17-3-2-16(11-19(17)22)29-9-6-15-10-18(15)14-4-7-28(8-5-14)12-21(23,24)25/h2-3,11,14-15,18H,4-10,12H2,1H3. The van der Waals surface area contributed by atoms with E-state index in [9.17, 15) is 17.6 Å². The van der Waals surface area contributed by atoms with E-state index in [-0.39, 0.29) is 11.5 Å². The number of ether oxygens (including phenoxy) is 1. The van der Waals surface area contributed by atoms with E-state index in [0.29, 0.717) is 49.1 Å². The second kappa shape index (κ2) is 8.53. The molecule has 0 bridgehead atoms. The third-order valence-corrected chi connectivity index (χ3v) is 6.07. The third-order valence-electron chi connectivity index (χ3n) is 6.07. The molecule has 1 aromatic carbocycles. The number of piperidine rings is 1. The largest absolute Gasteiger partial charge is 0.493 e. The van der Waals surface area contributed by atoms with Gasteiger partial charge in [0.1, 0.15) is 11.6 Å². The Morgan fingerprint density at radius 2 is 1.97 bits per heavy atom. The lowest BCUT2D eigenvalue weighted by atomic mass is 9.90. The summed E-state index contributed by atoms with van der Waals surface area (Å²) >= 11 is 0. The number of alkyl halides is 3. The zero-order chi connectivity index (χ0) is 21.3. The zero-order valence-corrected chi connectivity index (χ0v) is 16.8. The molecule has 1 saturated carbocycles. The monoisotopic (exact) mass is 427 g/mol. The quantitative estimate of drug-likeness (QED) is 0.591. The smallest absolute Gasteiger partial charge is 0.401 e. The Kier molecular flexibility index (Phi) is 5.99. The summed E-state index contributed by atoms with van der Waals surface area (Å²) in [5.74, 6) is 2.12. The average molecular weight is 427 g/mol. The first-order valence-electron chi connectivity index (χ1n) is 10.3. The summed E-state index contributed by atoms with van der Waals surface area (Å²) < 4.78 is 62.7. The van der Waals surface area contributed by atoms with Crippen molar-refractivity contribution in [1.82, 2.24) is 15.1 Å². The van der Waals surface area contributed by atoms with Gasteiger partial charge in [-0.05, 0) is 68.7 Å². The van der Waals surface area contributed by atoms with Gasteiger partial charge in [0, 0.05) is 13.0 Å². The summed E-state index contributed by atoms with van der Waals surface area (Å²) in [4.78, 5) is 1.50. The van der Waals surface area contributed by atoms with Crippen molar-refractivity contribution in [2.45, 2.75) is 38.8 Å². The highest BCUT2D eigenvalue weighted by atomic mass is 19.4. The number of hydrogen-bond acceptors (Lipinski definition) is 5. The molecule has 2 aliphatic rings. The van der Waals surface area contributed by atoms with Gasteiger partial charge in [-0.15, -0.1) is 10.2 Å². The first-order chi connectivity index (χ1) is 14.3. The maximum Gasteiger partial charge on any atom is 0.401 e. The molecule has 2 atom stereocenters. The van der Waals surface area contributed by atoms with Crippen molar-refractivity contribution < 1.29 is 26.7 Å². The topological polar surface area (TPSA) is 51.4 Å². The normalized spacial score (nSPS) is 23.0. The fraction of sp³-hybridized carbons (Fsp3) is 0.619. The van der Waals surface area contributed by atoms with Crippen LogP contribution >= 0.6 is 0 Å². The first kappa shape index (κ1) is 21.1. The molecule has 0 amide bonds. The van der Waals surface area contributed by atoms with E-state index in [4.69, 9.17) is 9.15 Å². The Bertz CT molecular complexity index is 862. The van der Waals surface area contributed by atoms with Crippen molar-refractivity contribution in [1.29, 1.82) is 0 Å². The fourth-order valence-electron chi connectivity index (χ4n) is 4.47. The maximum absolute atomic E-state index is 14.3. The average Bonchev–Trinajstić information content (AvgIpc) is 3.32. The van der Waals surface area contributed by atoms with Crippen LogP contribution in [0, 0.1) is 30.5 Å². The number of benzene rings is 1. The van der Waals surface area contributed by atoms with Gasteiger partial charge in [0.05, 0.1) is 18.7 Å². The molecule has 5 nitrogen and oxygen atoms in total. The van der Waals surface area contributed by atoms with Gasteiger partial charge in [-0.2, -0.15) is 13.2 Å². The predicted molar refractivity (Wildman–Crippen MR) is 101 cm³/mol. The number of aryl methyl sites for hydroxylation is 1. The molecule has 1 saturated heterocycles. The maximum atomic E-state index is 14.3. The molecule has 2 fully saturated rings. The third kappa shape index (κ3) is 5.30. The fourth-order valence-corrected chi connectivity index (χ4v) is 4.47. The molecule has 0 N–H and O–H groups in total. The molecular formula is C21H25F4N3O2. The second-order valence-corrected chi connectivity index (χ2v) is 8.29. The van der Waals surface area contributed by atoms with Crippen LogP contribution in [0.25, 0.3) is 11.5 Å². The van der Waals surface area contributed by atoms with Crippen molar-refractivity contribution in [2.75, 3.05) is 26.2 Å². The Balaban J connectivity index is 1.19. The number of halogens is 4. The van der Waals surface area contributed by atoms with Crippen LogP contribution in [0.3, 0.4) is 0 Å². The van der Waals surface area contributed by atoms with Gasteiger partial charge in [-0.1, -0.05) is 0 Å². The molecule has 4 rings (SSSR count). The summed E-state index contributed by atoms with van der Waals surface area (Å²) in [5, 5.41) is 7.52. The summed E-state index contributed by atoms with van der Waals surface area (Å²) in [6.07, 6.45) is -0.467. The number of hydrogen-bond donors (Lipinski definition) is 0. The summed E-state index contributed by atoms with van der Waals surface area (Å²) in [6, 6.07) is 4.56. The molecule has 1 aliphatic carbocycles. The van der Waals surface area contributed by atoms with Gasteiger partial charge < -0.3 is 9.15 Å². The Morgan fingerprint density at radius 1 is 1.20 bits per heavy atom. The van der Waals surface area contributed by atoms with E-state index in [1.807, 2.05) is 0 Å². The van der Waals surface area contributed by atoms with Crippen molar-refractivity contribution in [2.24, 2.45) is 17.8 Å². The van der Waals surface area contributed by atoms with Gasteiger partial charge in [-0.3, -0.25) is 4.90 Å². The predicted octanol–water partition coefficient (Wildman–Crippen LogP) is 4.86. The van der Waals surface area contributed by atoms with E-state index in [2.05, 4.69) is 10.2 Å². The highest BCUT2D eigenvalue weighted by molar-refractivity contribution is 5.55. The van der Waals surface area contributed by atoms with Crippen LogP contribution in [-0.4, -0.2) is 47.5 Å². The van der Waals surface area contributed by atoms with E-state index < -0.39 is 18.5 Å². The van der Waals surface area contributed by atoms with Crippen molar-refractivity contribution in [3.05, 3.63) is 29.9 Å². The lowest BCUT2D eigenvalue weighted by Gasteiger charge is -2.32. The summed E-state index contributed by atoms with van der Waals surface area (Å²) in [6.45, 7) is 2.38. The Morgan fingerprint density at radius 3 is 2.60 bits per heavy atom. The highest BCUT2D eigenvalue weighted by Gasteiger charge is 2.43. The molecule has 2 aromatic rings. The first-order valence-corrected chi connectivity index (χ1v) is 10.3. The van der Waals surface area contributed by atoms with Crippen LogP contribution in [0.2, 0.25) is 0 Å². The van der Waals surface area contributed by atoms with Crippen LogP contribution in [0.15, 0.2) is 22.6 Å². The zero-order valence-electron chi connectivity index (χ0n) is 16.8. The van der Waals surface area contributed by atoms with Crippen LogP contribution in [0.1, 0.15) is 31.6 Å². The number of rotatable bonds is 7. The number of aromatic nitrogens is 2. The SMILES string of the molecule is Cc1nnc(-c2ccc(OCCC3CC3C3CCN(CC(F)(F)F)CC3)cc2F)o1. The molecule has 164 valence electrons. The minimum Gasteiger partial charge on any atom is -0.493 e. The number of nitrogens with zero attached hydrogens (tertiary/aromatic N) is 3. The van der Waals surface area contributed by atoms with Crippen molar-refractivity contribution in [3.63, 3.8) is 0 Å². The Labute approximate surface area is 172 Å². The summed E-state index contributed by atoms with van der Waals surface area (Å²) in [5.41, 5.74) is 0.238. The van der Waals surface area contributed by atoms with Crippen LogP contribution in [-0.2, 0) is 0 Å². The molecule has 1 aromatic heterocycles. The highest BCUT2D eigenvalue weighted by Crippen LogP contribution is 2.49. The molecule has 0 radical (unpaired) electrons. The van der Waals surface area contributed by atoms with Crippen molar-refractivity contribution >= 4 is 0 Å². The molecule has 0 spiro atoms. The van der Waals surface area contributed by atoms with E-state index in [0.717, 1.165) is 25.7 Å². The Hall–Kier alpha value is -2.16. The lowest BCUT2D eigenvalue weighted by Crippen LogP contribution is -2.40. The molecule has 2 unspecified atom stereocenters. The number of likely N-dealkylation sites (tertiary alicyclic amines) is 1.